The molecule has 1 amide bonds. The molecule has 7 heteroatoms. The van der Waals surface area contributed by atoms with Gasteiger partial charge in [0.25, 0.3) is 0 Å². The number of likely N-dealkylation sites (tertiary alicyclic amines) is 1. The number of rotatable bonds is 3. The van der Waals surface area contributed by atoms with E-state index in [1.807, 2.05) is 20.8 Å². The van der Waals surface area contributed by atoms with Crippen LogP contribution in [0.1, 0.15) is 26.3 Å². The highest BCUT2D eigenvalue weighted by atomic mass is 16.6. The zero-order chi connectivity index (χ0) is 16.5. The van der Waals surface area contributed by atoms with Crippen LogP contribution in [0.3, 0.4) is 0 Å². The molecule has 1 fully saturated rings. The molecule has 22 heavy (non-hydrogen) atoms. The SMILES string of the molecule is CC(C)(C)OC(=O)N1CC(Oc2cc(N)c(C=N)cc2N)C1. The lowest BCUT2D eigenvalue weighted by Crippen LogP contribution is -2.57. The quantitative estimate of drug-likeness (QED) is 0.582. The third-order valence-corrected chi connectivity index (χ3v) is 3.16. The minimum atomic E-state index is -0.509. The van der Waals surface area contributed by atoms with E-state index in [0.29, 0.717) is 35.8 Å². The highest BCUT2D eigenvalue weighted by molar-refractivity contribution is 5.88. The van der Waals surface area contributed by atoms with Gasteiger partial charge in [-0.25, -0.2) is 4.79 Å². The van der Waals surface area contributed by atoms with Crippen molar-refractivity contribution < 1.29 is 14.3 Å². The third kappa shape index (κ3) is 3.60. The average Bonchev–Trinajstić information content (AvgIpc) is 2.34. The molecule has 1 aliphatic heterocycles. The second-order valence-corrected chi connectivity index (χ2v) is 6.29. The molecule has 0 atom stereocenters. The number of hydrogen-bond donors (Lipinski definition) is 3. The molecule has 7 nitrogen and oxygen atoms in total. The Labute approximate surface area is 129 Å². The highest BCUT2D eigenvalue weighted by Gasteiger charge is 2.35. The van der Waals surface area contributed by atoms with E-state index >= 15 is 0 Å². The zero-order valence-corrected chi connectivity index (χ0v) is 13.1. The summed E-state index contributed by atoms with van der Waals surface area (Å²) in [6.07, 6.45) is 0.655. The van der Waals surface area contributed by atoms with Crippen molar-refractivity contribution >= 4 is 23.7 Å². The summed E-state index contributed by atoms with van der Waals surface area (Å²) in [5.74, 6) is 0.469. The molecule has 1 aromatic rings. The lowest BCUT2D eigenvalue weighted by Gasteiger charge is -2.39. The number of nitrogens with two attached hydrogens (primary N) is 2. The topological polar surface area (TPSA) is 115 Å². The monoisotopic (exact) mass is 306 g/mol. The summed E-state index contributed by atoms with van der Waals surface area (Å²) in [7, 11) is 0. The van der Waals surface area contributed by atoms with Crippen molar-refractivity contribution in [3.8, 4) is 5.75 Å². The van der Waals surface area contributed by atoms with Gasteiger partial charge in [0, 0.05) is 23.5 Å². The Hall–Kier alpha value is -2.44. The Bertz CT molecular complexity index is 589. The Morgan fingerprint density at radius 2 is 1.95 bits per heavy atom. The maximum Gasteiger partial charge on any atom is 0.410 e. The molecule has 0 aliphatic carbocycles. The molecule has 0 aromatic heterocycles. The summed E-state index contributed by atoms with van der Waals surface area (Å²) >= 11 is 0. The van der Waals surface area contributed by atoms with Crippen LogP contribution in [0.15, 0.2) is 12.1 Å². The fourth-order valence-corrected chi connectivity index (χ4v) is 2.02. The lowest BCUT2D eigenvalue weighted by atomic mass is 10.1. The number of carbonyl (C=O) groups is 1. The van der Waals surface area contributed by atoms with Crippen LogP contribution in [-0.4, -0.2) is 42.0 Å². The van der Waals surface area contributed by atoms with Crippen molar-refractivity contribution in [1.82, 2.24) is 4.90 Å². The van der Waals surface area contributed by atoms with E-state index < -0.39 is 5.60 Å². The maximum atomic E-state index is 11.8. The number of anilines is 2. The Morgan fingerprint density at radius 1 is 1.32 bits per heavy atom. The average molecular weight is 306 g/mol. The zero-order valence-electron chi connectivity index (χ0n) is 13.1. The van der Waals surface area contributed by atoms with E-state index in [4.69, 9.17) is 26.4 Å². The van der Waals surface area contributed by atoms with Gasteiger partial charge in [0.1, 0.15) is 17.5 Å². The second kappa shape index (κ2) is 5.75. The van der Waals surface area contributed by atoms with Gasteiger partial charge >= 0.3 is 6.09 Å². The molecule has 5 N–H and O–H groups in total. The van der Waals surface area contributed by atoms with Crippen LogP contribution in [0, 0.1) is 5.41 Å². The number of carbonyl (C=O) groups excluding carboxylic acids is 1. The number of nitrogen functional groups attached to an aromatic ring is 2. The lowest BCUT2D eigenvalue weighted by molar-refractivity contribution is -0.0219. The minimum Gasteiger partial charge on any atom is -0.484 e. The molecule has 1 heterocycles. The smallest absolute Gasteiger partial charge is 0.410 e. The van der Waals surface area contributed by atoms with Crippen LogP contribution in [0.25, 0.3) is 0 Å². The first-order chi connectivity index (χ1) is 10.2. The Balaban J connectivity index is 1.92. The fraction of sp³-hybridized carbons (Fsp3) is 0.467. The van der Waals surface area contributed by atoms with Crippen molar-refractivity contribution in [3.63, 3.8) is 0 Å². The second-order valence-electron chi connectivity index (χ2n) is 6.29. The van der Waals surface area contributed by atoms with Crippen molar-refractivity contribution in [3.05, 3.63) is 17.7 Å². The van der Waals surface area contributed by atoms with Crippen LogP contribution in [0.2, 0.25) is 0 Å². The van der Waals surface area contributed by atoms with E-state index in [-0.39, 0.29) is 12.2 Å². The number of benzene rings is 1. The van der Waals surface area contributed by atoms with Gasteiger partial charge < -0.3 is 31.3 Å². The summed E-state index contributed by atoms with van der Waals surface area (Å²) in [4.78, 5) is 13.4. The molecule has 0 bridgehead atoms. The van der Waals surface area contributed by atoms with Crippen LogP contribution < -0.4 is 16.2 Å². The highest BCUT2D eigenvalue weighted by Crippen LogP contribution is 2.29. The summed E-state index contributed by atoms with van der Waals surface area (Å²) in [5, 5.41) is 7.23. The molecule has 0 unspecified atom stereocenters. The van der Waals surface area contributed by atoms with Crippen molar-refractivity contribution in [1.29, 1.82) is 5.41 Å². The van der Waals surface area contributed by atoms with E-state index in [9.17, 15) is 4.79 Å². The molecule has 2 rings (SSSR count). The molecule has 1 saturated heterocycles. The number of nitrogens with zero attached hydrogens (tertiary/aromatic N) is 1. The van der Waals surface area contributed by atoms with Gasteiger partial charge in [0.05, 0.1) is 18.8 Å². The summed E-state index contributed by atoms with van der Waals surface area (Å²) < 4.78 is 11.0. The van der Waals surface area contributed by atoms with E-state index in [0.717, 1.165) is 6.21 Å². The molecule has 0 saturated carbocycles. The summed E-state index contributed by atoms with van der Waals surface area (Å²) in [5.41, 5.74) is 12.6. The minimum absolute atomic E-state index is 0.139. The van der Waals surface area contributed by atoms with Crippen LogP contribution in [0.4, 0.5) is 16.2 Å². The largest absolute Gasteiger partial charge is 0.484 e. The standard InChI is InChI=1S/C15H22N4O3/c1-15(2,3)22-14(20)19-7-10(8-19)21-13-5-11(17)9(6-16)4-12(13)18/h4-6,10,16H,7-8,17-18H2,1-3H3. The molecular formula is C15H22N4O3. The van der Waals surface area contributed by atoms with Gasteiger partial charge in [-0.3, -0.25) is 0 Å². The van der Waals surface area contributed by atoms with Gasteiger partial charge in [-0.2, -0.15) is 0 Å². The van der Waals surface area contributed by atoms with Crippen LogP contribution in [-0.2, 0) is 4.74 Å². The van der Waals surface area contributed by atoms with Crippen molar-refractivity contribution in [2.45, 2.75) is 32.5 Å². The molecule has 1 aromatic carbocycles. The molecule has 0 radical (unpaired) electrons. The summed E-state index contributed by atoms with van der Waals surface area (Å²) in [6, 6.07) is 3.20. The Morgan fingerprint density at radius 3 is 2.50 bits per heavy atom. The van der Waals surface area contributed by atoms with Gasteiger partial charge in [-0.1, -0.05) is 0 Å². The number of hydrogen-bond acceptors (Lipinski definition) is 6. The van der Waals surface area contributed by atoms with Gasteiger partial charge in [0.15, 0.2) is 0 Å². The van der Waals surface area contributed by atoms with Crippen LogP contribution >= 0.6 is 0 Å². The predicted molar refractivity (Wildman–Crippen MR) is 85.4 cm³/mol. The predicted octanol–water partition coefficient (Wildman–Crippen LogP) is 1.85. The van der Waals surface area contributed by atoms with E-state index in [1.165, 1.54) is 0 Å². The molecule has 0 spiro atoms. The Kier molecular flexibility index (Phi) is 4.16. The third-order valence-electron chi connectivity index (χ3n) is 3.16. The number of nitrogens with one attached hydrogen (secondary N) is 1. The molecular weight excluding hydrogens is 284 g/mol. The fourth-order valence-electron chi connectivity index (χ4n) is 2.02. The van der Waals surface area contributed by atoms with E-state index in [1.54, 1.807) is 17.0 Å². The number of amides is 1. The van der Waals surface area contributed by atoms with Crippen LogP contribution in [0.5, 0.6) is 5.75 Å². The molecule has 120 valence electrons. The normalized spacial score (nSPS) is 15.1. The van der Waals surface area contributed by atoms with Gasteiger partial charge in [-0.05, 0) is 26.8 Å². The van der Waals surface area contributed by atoms with Gasteiger partial charge in [0.2, 0.25) is 0 Å². The maximum absolute atomic E-state index is 11.8. The first kappa shape index (κ1) is 15.9. The van der Waals surface area contributed by atoms with E-state index in [2.05, 4.69) is 0 Å². The van der Waals surface area contributed by atoms with Crippen molar-refractivity contribution in [2.75, 3.05) is 24.6 Å². The molecule has 1 aliphatic rings. The first-order valence-electron chi connectivity index (χ1n) is 7.03. The van der Waals surface area contributed by atoms with Gasteiger partial charge in [-0.15, -0.1) is 0 Å². The summed E-state index contributed by atoms with van der Waals surface area (Å²) in [6.45, 7) is 6.37. The van der Waals surface area contributed by atoms with Crippen molar-refractivity contribution in [2.24, 2.45) is 0 Å². The number of ether oxygens (including phenoxy) is 2. The first-order valence-corrected chi connectivity index (χ1v) is 7.03.